The number of carboxylic acid groups (broad SMARTS) is 3. The molecule has 41 nitrogen and oxygen atoms in total. The largest absolute Gasteiger partial charge is 0.508 e. The first-order valence-corrected chi connectivity index (χ1v) is 40.0. The van der Waals surface area contributed by atoms with E-state index in [1.54, 1.807) is 92.8 Å². The van der Waals surface area contributed by atoms with E-state index in [-0.39, 0.29) is 140 Å². The molecule has 0 radical (unpaired) electrons. The van der Waals surface area contributed by atoms with Gasteiger partial charge in [-0.1, -0.05) is 111 Å². The molecule has 1 aliphatic heterocycles. The summed E-state index contributed by atoms with van der Waals surface area (Å²) in [5, 5.41) is 103. The molecule has 124 heavy (non-hydrogen) atoms. The van der Waals surface area contributed by atoms with Gasteiger partial charge in [0.25, 0.3) is 0 Å². The van der Waals surface area contributed by atoms with Crippen molar-refractivity contribution in [1.82, 2.24) is 79.0 Å². The average Bonchev–Trinajstić information content (AvgIpc) is 1.67. The van der Waals surface area contributed by atoms with Crippen LogP contribution in [0.1, 0.15) is 120 Å². The number of phenols is 1. The number of aromatic amines is 1. The lowest BCUT2D eigenvalue weighted by molar-refractivity contribution is -0.192. The number of carbonyl (C=O) groups is 13. The summed E-state index contributed by atoms with van der Waals surface area (Å²) in [6.45, 7) is 3.61. The number of hydrogen-bond donors (Lipinski definition) is 27. The Morgan fingerprint density at radius 2 is 0.871 bits per heavy atom. The van der Waals surface area contributed by atoms with Crippen LogP contribution in [0.2, 0.25) is 0 Å². The van der Waals surface area contributed by atoms with Gasteiger partial charge in [0.05, 0.1) is 6.04 Å². The number of likely N-dealkylation sites (tertiary alicyclic amines) is 1. The number of para-hydroxylation sites is 1. The van der Waals surface area contributed by atoms with Crippen LogP contribution in [0.25, 0.3) is 10.9 Å². The topological polar surface area (TPSA) is 704 Å². The Hall–Kier alpha value is -13.8. The Morgan fingerprint density at radius 1 is 0.484 bits per heavy atom. The number of guanidine groups is 4. The van der Waals surface area contributed by atoms with E-state index in [9.17, 15) is 62.1 Å². The highest BCUT2D eigenvalue weighted by atomic mass is 19.4. The van der Waals surface area contributed by atoms with Crippen LogP contribution in [0.5, 0.6) is 5.75 Å². The second-order valence-electron chi connectivity index (χ2n) is 29.5. The zero-order valence-corrected chi connectivity index (χ0v) is 68.5. The zero-order valence-electron chi connectivity index (χ0n) is 68.5. The number of amides is 10. The molecule has 1 saturated heterocycles. The van der Waals surface area contributed by atoms with Crippen molar-refractivity contribution in [3.8, 4) is 5.75 Å². The van der Waals surface area contributed by atoms with Gasteiger partial charge in [0.2, 0.25) is 59.1 Å². The summed E-state index contributed by atoms with van der Waals surface area (Å²) in [5.41, 5.74) is 31.3. The van der Waals surface area contributed by atoms with E-state index in [2.05, 4.69) is 74.1 Å². The number of hydrogen-bond acceptors (Lipinski definition) is 19. The van der Waals surface area contributed by atoms with Crippen LogP contribution in [0.15, 0.2) is 115 Å². The van der Waals surface area contributed by atoms with Gasteiger partial charge < -0.3 is 128 Å². The van der Waals surface area contributed by atoms with Crippen molar-refractivity contribution in [2.75, 3.05) is 32.7 Å². The van der Waals surface area contributed by atoms with Crippen LogP contribution in [0, 0.1) is 27.6 Å². The van der Waals surface area contributed by atoms with Crippen LogP contribution in [0.4, 0.5) is 13.2 Å². The highest BCUT2D eigenvalue weighted by Crippen LogP contribution is 2.25. The second kappa shape index (κ2) is 51.1. The summed E-state index contributed by atoms with van der Waals surface area (Å²) in [7, 11) is 0. The molecule has 1 aliphatic rings. The Bertz CT molecular complexity index is 4470. The number of rotatable bonds is 49. The normalized spacial score (nSPS) is 14.9. The van der Waals surface area contributed by atoms with Gasteiger partial charge >= 0.3 is 24.1 Å². The molecular formula is C80H113F3N24O17. The zero-order chi connectivity index (χ0) is 91.8. The number of fused-ring (bicyclic) bond motifs is 1. The number of halogens is 3. The molecule has 0 aliphatic carbocycles. The number of alkyl halides is 3. The van der Waals surface area contributed by atoms with E-state index in [0.717, 1.165) is 0 Å². The number of phenolic OH excluding ortho intramolecular Hbond substituents is 1. The number of carbonyl (C=O) groups excluding carboxylic acids is 10. The SMILES string of the molecule is CCC(C)C(NC(=O)C(CCCNC(=N)N)NC(=O)C(Cc1ccc(O)cc1)NC(=O)C1CCCN1C(=O)C(Cc1c[nH]c2ccccc12)NC(=O)C(CCCNC(=N)N)NC(=O)C(Cc1ccccc1)NC(=O)C(N)CCCNC(=N)N)C(=O)NC(CCCNC(=N)N)C(=O)NC(CCC(=O)O)C(=O)NC(Cc1ccccc1)C(=O)O.O=C(O)C(F)(F)F. The number of nitrogens with one attached hydrogen (secondary N) is 18. The van der Waals surface area contributed by atoms with Gasteiger partial charge in [0.15, 0.2) is 23.8 Å². The lowest BCUT2D eigenvalue weighted by Gasteiger charge is -2.31. The van der Waals surface area contributed by atoms with E-state index >= 15 is 24.0 Å². The third-order valence-corrected chi connectivity index (χ3v) is 19.9. The first kappa shape index (κ1) is 101. The molecule has 4 aromatic carbocycles. The molecule has 10 amide bonds. The Balaban J connectivity index is 0.00000373. The van der Waals surface area contributed by atoms with Gasteiger partial charge in [0, 0.05) is 81.9 Å². The molecule has 6 rings (SSSR count). The standard InChI is InChI=1S/C78H112N24O15.C2HF3O2/c1-3-44(2)63(72(114)96-54(25-14-36-90-77(84)85)65(107)95-56(32-33-62(104)105)67(109)100-60(74(116)117)41-46-19-8-5-9-20-46)101-68(110)55(26-15-37-91-78(86)87)94-70(112)58(40-47-28-30-49(103)31-29-47)98-71(113)61-27-16-38-102(61)73(115)59(42-48-43-92-52-23-11-10-21-50(48)52)99-66(108)53(24-13-35-89-76(82)83)93-69(111)57(39-45-17-6-4-7-18-45)97-64(106)51(79)22-12-34-88-75(80)81;3-2(4,5)1(6)7/h4-11,17-21,23,28-31,43-44,51,53-61,63,92,103H,3,12-16,22,24-27,32-42,79H2,1-2H3,(H,93,111)(H,94,112)(H,95,107)(H,96,114)(H,97,106)(H,98,113)(H,99,108)(H,100,109)(H,101,110)(H,104,105)(H,116,117)(H4,80,81,88)(H4,82,83,89)(H4,84,85,90)(H4,86,87,91);(H,6,7). The third-order valence-electron chi connectivity index (χ3n) is 19.9. The van der Waals surface area contributed by atoms with Crippen LogP contribution >= 0.6 is 0 Å². The molecule has 32 N–H and O–H groups in total. The summed E-state index contributed by atoms with van der Waals surface area (Å²) in [4.78, 5) is 185. The molecule has 12 atom stereocenters. The molecule has 2 heterocycles. The maximum absolute atomic E-state index is 15.6. The lowest BCUT2D eigenvalue weighted by Crippen LogP contribution is -2.61. The summed E-state index contributed by atoms with van der Waals surface area (Å²) in [6, 6.07) is 14.0. The van der Waals surface area contributed by atoms with Crippen molar-refractivity contribution in [2.45, 2.75) is 196 Å². The van der Waals surface area contributed by atoms with Gasteiger partial charge in [-0.05, 0) is 117 Å². The molecule has 44 heteroatoms. The molecule has 5 aromatic rings. The second-order valence-corrected chi connectivity index (χ2v) is 29.5. The number of aromatic nitrogens is 1. The van der Waals surface area contributed by atoms with E-state index in [1.165, 1.54) is 29.2 Å². The fourth-order valence-corrected chi connectivity index (χ4v) is 13.1. The predicted octanol–water partition coefficient (Wildman–Crippen LogP) is -1.49. The summed E-state index contributed by atoms with van der Waals surface area (Å²) >= 11 is 0. The molecule has 1 fully saturated rings. The number of carboxylic acids is 3. The lowest BCUT2D eigenvalue weighted by atomic mass is 9.96. The van der Waals surface area contributed by atoms with Crippen molar-refractivity contribution in [1.29, 1.82) is 21.6 Å². The maximum Gasteiger partial charge on any atom is 0.490 e. The minimum absolute atomic E-state index is 0.00110. The third kappa shape index (κ3) is 35.5. The molecule has 0 saturated carbocycles. The number of nitrogens with zero attached hydrogens (tertiary/aromatic N) is 1. The van der Waals surface area contributed by atoms with E-state index in [0.29, 0.717) is 39.6 Å². The van der Waals surface area contributed by atoms with Gasteiger partial charge in [-0.15, -0.1) is 0 Å². The first-order chi connectivity index (χ1) is 58.7. The number of aliphatic carboxylic acids is 3. The summed E-state index contributed by atoms with van der Waals surface area (Å²) in [5.74, 6) is -16.7. The number of nitrogens with two attached hydrogens (primary N) is 5. The predicted molar refractivity (Wildman–Crippen MR) is 448 cm³/mol. The van der Waals surface area contributed by atoms with Crippen molar-refractivity contribution >= 4 is 112 Å². The molecule has 12 unspecified atom stereocenters. The highest BCUT2D eigenvalue weighted by Gasteiger charge is 2.43. The smallest absolute Gasteiger partial charge is 0.490 e. The molecular weight excluding hydrogens is 1630 g/mol. The molecule has 0 spiro atoms. The van der Waals surface area contributed by atoms with E-state index in [1.807, 2.05) is 12.1 Å². The molecule has 676 valence electrons. The van der Waals surface area contributed by atoms with Crippen molar-refractivity contribution < 1.29 is 95.9 Å². The molecule has 0 bridgehead atoms. The van der Waals surface area contributed by atoms with Gasteiger partial charge in [0.1, 0.15) is 66.2 Å². The van der Waals surface area contributed by atoms with E-state index in [4.69, 9.17) is 60.2 Å². The summed E-state index contributed by atoms with van der Waals surface area (Å²) < 4.78 is 31.7. The minimum Gasteiger partial charge on any atom is -0.508 e. The fourth-order valence-electron chi connectivity index (χ4n) is 13.1. The van der Waals surface area contributed by atoms with Crippen LogP contribution in [-0.4, -0.2) is 236 Å². The van der Waals surface area contributed by atoms with Gasteiger partial charge in [-0.2, -0.15) is 13.2 Å². The van der Waals surface area contributed by atoms with E-state index < -0.39 is 180 Å². The Kier molecular flexibility index (Phi) is 41.5. The first-order valence-electron chi connectivity index (χ1n) is 40.0. The van der Waals surface area contributed by atoms with Crippen molar-refractivity contribution in [2.24, 2.45) is 34.6 Å². The highest BCUT2D eigenvalue weighted by molar-refractivity contribution is 6.00. The summed E-state index contributed by atoms with van der Waals surface area (Å²) in [6.07, 6.45) is -4.56. The van der Waals surface area contributed by atoms with Crippen molar-refractivity contribution in [3.05, 3.63) is 138 Å². The quantitative estimate of drug-likeness (QED) is 0.0120. The van der Waals surface area contributed by atoms with Crippen molar-refractivity contribution in [3.63, 3.8) is 0 Å². The number of H-pyrrole nitrogens is 1. The molecule has 1 aromatic heterocycles. The van der Waals surface area contributed by atoms with Gasteiger partial charge in [-0.25, -0.2) is 9.59 Å². The Labute approximate surface area is 711 Å². The Morgan fingerprint density at radius 3 is 1.32 bits per heavy atom. The fraction of sp³-hybridized carbons (Fsp3) is 0.463. The van der Waals surface area contributed by atoms with Crippen LogP contribution in [0.3, 0.4) is 0 Å². The minimum atomic E-state index is -5.08. The number of benzene rings is 4. The maximum atomic E-state index is 15.6. The monoisotopic (exact) mass is 1740 g/mol. The average molecular weight is 1740 g/mol. The van der Waals surface area contributed by atoms with Gasteiger partial charge in [-0.3, -0.25) is 74.4 Å². The van der Waals surface area contributed by atoms with Crippen LogP contribution in [-0.2, 0) is 88.0 Å². The van der Waals surface area contributed by atoms with Crippen LogP contribution < -0.4 is 97.8 Å². The number of aromatic hydroxyl groups is 1.